The molecule has 3 rings (SSSR count). The zero-order valence-electron chi connectivity index (χ0n) is 14.7. The van der Waals surface area contributed by atoms with Gasteiger partial charge in [0.2, 0.25) is 0 Å². The van der Waals surface area contributed by atoms with E-state index in [0.717, 1.165) is 43.7 Å². The number of hydrogen-bond acceptors (Lipinski definition) is 3. The molecule has 0 aromatic heterocycles. The van der Waals surface area contributed by atoms with Crippen molar-refractivity contribution in [2.45, 2.75) is 26.3 Å². The fourth-order valence-electron chi connectivity index (χ4n) is 3.29. The Bertz CT molecular complexity index is 721. The van der Waals surface area contributed by atoms with Crippen molar-refractivity contribution in [1.29, 1.82) is 0 Å². The van der Waals surface area contributed by atoms with E-state index in [9.17, 15) is 9.90 Å². The van der Waals surface area contributed by atoms with Gasteiger partial charge in [-0.05, 0) is 49.4 Å². The maximum atomic E-state index is 12.7. The minimum absolute atomic E-state index is 0.0793. The largest absolute Gasteiger partial charge is 0.396 e. The van der Waals surface area contributed by atoms with Crippen molar-refractivity contribution < 1.29 is 9.90 Å². The molecular formula is C21H26N2O2. The van der Waals surface area contributed by atoms with Crippen molar-refractivity contribution in [2.24, 2.45) is 5.92 Å². The van der Waals surface area contributed by atoms with E-state index in [4.69, 9.17) is 0 Å². The van der Waals surface area contributed by atoms with E-state index in [0.29, 0.717) is 5.92 Å². The van der Waals surface area contributed by atoms with Gasteiger partial charge in [0.15, 0.2) is 0 Å². The molecular weight excluding hydrogens is 312 g/mol. The van der Waals surface area contributed by atoms with Gasteiger partial charge in [0.25, 0.3) is 5.91 Å². The van der Waals surface area contributed by atoms with Crippen LogP contribution in [0.3, 0.4) is 0 Å². The Labute approximate surface area is 149 Å². The number of aryl methyl sites for hydroxylation is 1. The average Bonchev–Trinajstić information content (AvgIpc) is 2.66. The standard InChI is InChI=1S/C21H26N2O2/c1-16-4-2-5-18(12-16)14-22-20-7-3-6-19(13-20)21(25)23-10-8-17(15-24)9-11-23/h2-7,12-13,17,22,24H,8-11,14-15H2,1H3. The van der Waals surface area contributed by atoms with E-state index in [2.05, 4.69) is 36.5 Å². The van der Waals surface area contributed by atoms with Gasteiger partial charge in [-0.15, -0.1) is 0 Å². The second-order valence-corrected chi connectivity index (χ2v) is 6.84. The molecule has 0 saturated carbocycles. The summed E-state index contributed by atoms with van der Waals surface area (Å²) in [4.78, 5) is 14.6. The third-order valence-corrected chi connectivity index (χ3v) is 4.85. The lowest BCUT2D eigenvalue weighted by molar-refractivity contribution is 0.0651. The van der Waals surface area contributed by atoms with E-state index in [1.165, 1.54) is 11.1 Å². The summed E-state index contributed by atoms with van der Waals surface area (Å²) in [5.41, 5.74) is 4.15. The number of rotatable bonds is 5. The van der Waals surface area contributed by atoms with Gasteiger partial charge in [-0.3, -0.25) is 4.79 Å². The molecule has 132 valence electrons. The lowest BCUT2D eigenvalue weighted by Gasteiger charge is -2.31. The molecule has 0 bridgehead atoms. The topological polar surface area (TPSA) is 52.6 Å². The second kappa shape index (κ2) is 8.17. The van der Waals surface area contributed by atoms with Gasteiger partial charge in [-0.1, -0.05) is 35.9 Å². The maximum absolute atomic E-state index is 12.7. The van der Waals surface area contributed by atoms with Crippen LogP contribution < -0.4 is 5.32 Å². The third-order valence-electron chi connectivity index (χ3n) is 4.85. The number of benzene rings is 2. The summed E-state index contributed by atoms with van der Waals surface area (Å²) < 4.78 is 0. The number of hydrogen-bond donors (Lipinski definition) is 2. The van der Waals surface area contributed by atoms with Crippen LogP contribution in [0.25, 0.3) is 0 Å². The molecule has 0 radical (unpaired) electrons. The molecule has 4 heteroatoms. The van der Waals surface area contributed by atoms with Crippen LogP contribution in [-0.2, 0) is 6.54 Å². The molecule has 2 aromatic carbocycles. The number of aliphatic hydroxyl groups is 1. The van der Waals surface area contributed by atoms with Crippen LogP contribution >= 0.6 is 0 Å². The molecule has 4 nitrogen and oxygen atoms in total. The zero-order chi connectivity index (χ0) is 17.6. The number of nitrogens with zero attached hydrogens (tertiary/aromatic N) is 1. The molecule has 0 unspecified atom stereocenters. The fourth-order valence-corrected chi connectivity index (χ4v) is 3.29. The summed E-state index contributed by atoms with van der Waals surface area (Å²) in [6, 6.07) is 16.1. The average molecular weight is 338 g/mol. The van der Waals surface area contributed by atoms with E-state index >= 15 is 0 Å². The molecule has 0 atom stereocenters. The number of likely N-dealkylation sites (tertiary alicyclic amines) is 1. The van der Waals surface area contributed by atoms with E-state index < -0.39 is 0 Å². The molecule has 25 heavy (non-hydrogen) atoms. The predicted molar refractivity (Wildman–Crippen MR) is 101 cm³/mol. The number of nitrogens with one attached hydrogen (secondary N) is 1. The fraction of sp³-hybridized carbons (Fsp3) is 0.381. The first kappa shape index (κ1) is 17.5. The van der Waals surface area contributed by atoms with Crippen molar-refractivity contribution >= 4 is 11.6 Å². The highest BCUT2D eigenvalue weighted by molar-refractivity contribution is 5.95. The molecule has 1 fully saturated rings. The van der Waals surface area contributed by atoms with E-state index in [1.54, 1.807) is 0 Å². The Hall–Kier alpha value is -2.33. The minimum atomic E-state index is 0.0793. The number of piperidine rings is 1. The van der Waals surface area contributed by atoms with Crippen molar-refractivity contribution in [3.63, 3.8) is 0 Å². The van der Waals surface area contributed by atoms with Gasteiger partial charge in [0.05, 0.1) is 0 Å². The number of aliphatic hydroxyl groups excluding tert-OH is 1. The van der Waals surface area contributed by atoms with Gasteiger partial charge in [-0.25, -0.2) is 0 Å². The van der Waals surface area contributed by atoms with Crippen LogP contribution in [-0.4, -0.2) is 35.6 Å². The third kappa shape index (κ3) is 4.60. The second-order valence-electron chi connectivity index (χ2n) is 6.84. The maximum Gasteiger partial charge on any atom is 0.253 e. The van der Waals surface area contributed by atoms with Crippen LogP contribution in [0.2, 0.25) is 0 Å². The van der Waals surface area contributed by atoms with E-state index in [-0.39, 0.29) is 12.5 Å². The van der Waals surface area contributed by atoms with Crippen LogP contribution in [0, 0.1) is 12.8 Å². The highest BCUT2D eigenvalue weighted by Crippen LogP contribution is 2.20. The van der Waals surface area contributed by atoms with Crippen molar-refractivity contribution in [1.82, 2.24) is 4.90 Å². The van der Waals surface area contributed by atoms with Gasteiger partial charge in [0, 0.05) is 37.5 Å². The molecule has 2 N–H and O–H groups in total. The van der Waals surface area contributed by atoms with Crippen LogP contribution in [0.4, 0.5) is 5.69 Å². The van der Waals surface area contributed by atoms with Crippen molar-refractivity contribution in [3.8, 4) is 0 Å². The Morgan fingerprint density at radius 3 is 2.64 bits per heavy atom. The predicted octanol–water partition coefficient (Wildman–Crippen LogP) is 3.45. The van der Waals surface area contributed by atoms with Crippen molar-refractivity contribution in [3.05, 3.63) is 65.2 Å². The zero-order valence-corrected chi connectivity index (χ0v) is 14.7. The van der Waals surface area contributed by atoms with Crippen LogP contribution in [0.15, 0.2) is 48.5 Å². The van der Waals surface area contributed by atoms with Gasteiger partial charge in [0.1, 0.15) is 0 Å². The summed E-state index contributed by atoms with van der Waals surface area (Å²) in [7, 11) is 0. The molecule has 1 aliphatic rings. The van der Waals surface area contributed by atoms with Crippen LogP contribution in [0.5, 0.6) is 0 Å². The Morgan fingerprint density at radius 1 is 1.16 bits per heavy atom. The smallest absolute Gasteiger partial charge is 0.253 e. The Morgan fingerprint density at radius 2 is 1.92 bits per heavy atom. The first-order valence-corrected chi connectivity index (χ1v) is 8.95. The highest BCUT2D eigenvalue weighted by atomic mass is 16.3. The number of anilines is 1. The number of carbonyl (C=O) groups excluding carboxylic acids is 1. The summed E-state index contributed by atoms with van der Waals surface area (Å²) in [6.45, 7) is 4.50. The summed E-state index contributed by atoms with van der Waals surface area (Å²) in [6.07, 6.45) is 1.76. The number of amides is 1. The first-order chi connectivity index (χ1) is 12.2. The highest BCUT2D eigenvalue weighted by Gasteiger charge is 2.23. The minimum Gasteiger partial charge on any atom is -0.396 e. The molecule has 0 aliphatic carbocycles. The first-order valence-electron chi connectivity index (χ1n) is 8.95. The van der Waals surface area contributed by atoms with Gasteiger partial charge < -0.3 is 15.3 Å². The lowest BCUT2D eigenvalue weighted by atomic mass is 9.97. The normalized spacial score (nSPS) is 15.2. The summed E-state index contributed by atoms with van der Waals surface area (Å²) in [5.74, 6) is 0.418. The SMILES string of the molecule is Cc1cccc(CNc2cccc(C(=O)N3CCC(CO)CC3)c2)c1. The van der Waals surface area contributed by atoms with Gasteiger partial charge in [-0.2, -0.15) is 0 Å². The van der Waals surface area contributed by atoms with E-state index in [1.807, 2.05) is 29.2 Å². The molecule has 2 aromatic rings. The molecule has 0 spiro atoms. The Kier molecular flexibility index (Phi) is 5.71. The Balaban J connectivity index is 1.62. The summed E-state index contributed by atoms with van der Waals surface area (Å²) >= 11 is 0. The number of carbonyl (C=O) groups is 1. The lowest BCUT2D eigenvalue weighted by Crippen LogP contribution is -2.39. The summed E-state index contributed by atoms with van der Waals surface area (Å²) in [5, 5.41) is 12.6. The molecule has 1 aliphatic heterocycles. The van der Waals surface area contributed by atoms with Gasteiger partial charge >= 0.3 is 0 Å². The molecule has 1 heterocycles. The van der Waals surface area contributed by atoms with Crippen molar-refractivity contribution in [2.75, 3.05) is 25.0 Å². The molecule has 1 amide bonds. The molecule has 1 saturated heterocycles. The monoisotopic (exact) mass is 338 g/mol. The van der Waals surface area contributed by atoms with Crippen LogP contribution in [0.1, 0.15) is 34.3 Å². The quantitative estimate of drug-likeness (QED) is 0.878.